The number of ketones is 1. The van der Waals surface area contributed by atoms with Crippen LogP contribution in [0.25, 0.3) is 0 Å². The van der Waals surface area contributed by atoms with Gasteiger partial charge in [0.1, 0.15) is 12.0 Å². The van der Waals surface area contributed by atoms with E-state index in [1.54, 1.807) is 11.8 Å². The van der Waals surface area contributed by atoms with Crippen molar-refractivity contribution >= 4 is 28.4 Å². The van der Waals surface area contributed by atoms with Crippen molar-refractivity contribution < 1.29 is 4.79 Å². The Morgan fingerprint density at radius 3 is 1.88 bits per heavy atom. The van der Waals surface area contributed by atoms with Gasteiger partial charge in [-0.1, -0.05) is 30.0 Å². The first-order chi connectivity index (χ1) is 12.2. The lowest BCUT2D eigenvalue weighted by atomic mass is 10.0. The van der Waals surface area contributed by atoms with E-state index in [0.717, 1.165) is 21.8 Å². The van der Waals surface area contributed by atoms with Crippen LogP contribution in [0.5, 0.6) is 0 Å². The van der Waals surface area contributed by atoms with Gasteiger partial charge in [-0.15, -0.1) is 0 Å². The van der Waals surface area contributed by atoms with Crippen molar-refractivity contribution in [3.8, 4) is 0 Å². The van der Waals surface area contributed by atoms with Gasteiger partial charge in [0, 0.05) is 31.8 Å². The minimum absolute atomic E-state index is 0.0790. The highest BCUT2D eigenvalue weighted by atomic mass is 32.2. The van der Waals surface area contributed by atoms with Crippen molar-refractivity contribution in [2.75, 3.05) is 12.0 Å². The molecule has 0 amide bonds. The topological polar surface area (TPSA) is 17.1 Å². The van der Waals surface area contributed by atoms with Gasteiger partial charge >= 0.3 is 0 Å². The second-order valence-corrected chi connectivity index (χ2v) is 9.19. The standard InChI is InChI=1S/C22H21OS2/c1-3-25(2)21-15-11-18(12-16-21)22(23)17-9-13-20(14-10-17)24-19-7-5-4-6-8-19/h4-16H,3H2,1-2H3/q+1. The van der Waals surface area contributed by atoms with Crippen molar-refractivity contribution in [2.24, 2.45) is 0 Å². The zero-order valence-electron chi connectivity index (χ0n) is 14.4. The molecule has 3 aromatic rings. The molecule has 0 N–H and O–H groups in total. The van der Waals surface area contributed by atoms with Crippen LogP contribution in [0.3, 0.4) is 0 Å². The number of rotatable bonds is 6. The second-order valence-electron chi connectivity index (χ2n) is 5.72. The minimum atomic E-state index is 0.0790. The summed E-state index contributed by atoms with van der Waals surface area (Å²) >= 11 is 1.70. The number of carbonyl (C=O) groups is 1. The van der Waals surface area contributed by atoms with Gasteiger partial charge in [0.15, 0.2) is 10.7 Å². The Morgan fingerprint density at radius 1 is 0.800 bits per heavy atom. The molecule has 0 aliphatic carbocycles. The van der Waals surface area contributed by atoms with Crippen molar-refractivity contribution in [3.05, 3.63) is 90.0 Å². The van der Waals surface area contributed by atoms with Crippen LogP contribution in [0.4, 0.5) is 0 Å². The fraction of sp³-hybridized carbons (Fsp3) is 0.136. The van der Waals surface area contributed by atoms with Gasteiger partial charge in [-0.3, -0.25) is 4.79 Å². The molecule has 3 rings (SSSR count). The maximum Gasteiger partial charge on any atom is 0.193 e. The van der Waals surface area contributed by atoms with E-state index in [1.165, 1.54) is 9.79 Å². The largest absolute Gasteiger partial charge is 0.289 e. The van der Waals surface area contributed by atoms with Gasteiger partial charge in [0.2, 0.25) is 0 Å². The molecule has 0 spiro atoms. The lowest BCUT2D eigenvalue weighted by molar-refractivity contribution is 0.103. The highest BCUT2D eigenvalue weighted by Gasteiger charge is 2.14. The summed E-state index contributed by atoms with van der Waals surface area (Å²) in [7, 11) is 0.257. The van der Waals surface area contributed by atoms with Gasteiger partial charge in [-0.05, 0) is 67.6 Å². The Balaban J connectivity index is 1.72. The average molecular weight is 366 g/mol. The molecule has 0 aliphatic heterocycles. The predicted octanol–water partition coefficient (Wildman–Crippen LogP) is 5.70. The number of hydrogen-bond acceptors (Lipinski definition) is 2. The molecule has 0 radical (unpaired) electrons. The van der Waals surface area contributed by atoms with E-state index >= 15 is 0 Å². The third kappa shape index (κ3) is 4.56. The van der Waals surface area contributed by atoms with Crippen molar-refractivity contribution in [3.63, 3.8) is 0 Å². The van der Waals surface area contributed by atoms with Gasteiger partial charge in [-0.25, -0.2) is 0 Å². The van der Waals surface area contributed by atoms with Crippen LogP contribution in [0.15, 0.2) is 93.5 Å². The Bertz CT molecular complexity index is 824. The minimum Gasteiger partial charge on any atom is -0.289 e. The summed E-state index contributed by atoms with van der Waals surface area (Å²) in [5.74, 6) is 1.21. The van der Waals surface area contributed by atoms with E-state index in [0.29, 0.717) is 0 Å². The quantitative estimate of drug-likeness (QED) is 0.412. The fourth-order valence-corrected chi connectivity index (χ4v) is 4.24. The molecule has 0 bridgehead atoms. The predicted molar refractivity (Wildman–Crippen MR) is 109 cm³/mol. The number of hydrogen-bond donors (Lipinski definition) is 0. The first-order valence-electron chi connectivity index (χ1n) is 8.27. The monoisotopic (exact) mass is 365 g/mol. The SMILES string of the molecule is CC[S+](C)c1ccc(C(=O)c2ccc(Sc3ccccc3)cc2)cc1. The summed E-state index contributed by atoms with van der Waals surface area (Å²) < 4.78 is 0. The van der Waals surface area contributed by atoms with Crippen LogP contribution in [0, 0.1) is 0 Å². The third-order valence-corrected chi connectivity index (χ3v) is 7.01. The molecular weight excluding hydrogens is 344 g/mol. The fourth-order valence-electron chi connectivity index (χ4n) is 2.47. The summed E-state index contributed by atoms with van der Waals surface area (Å²) in [4.78, 5) is 16.3. The first-order valence-corrected chi connectivity index (χ1v) is 10.9. The molecule has 0 aliphatic rings. The van der Waals surface area contributed by atoms with Crippen LogP contribution in [0.1, 0.15) is 22.8 Å². The van der Waals surface area contributed by atoms with Crippen LogP contribution < -0.4 is 0 Å². The molecule has 0 aromatic heterocycles. The highest BCUT2D eigenvalue weighted by Crippen LogP contribution is 2.27. The normalized spacial score (nSPS) is 11.9. The zero-order chi connectivity index (χ0) is 17.6. The van der Waals surface area contributed by atoms with Gasteiger partial charge in [-0.2, -0.15) is 0 Å². The zero-order valence-corrected chi connectivity index (χ0v) is 16.1. The molecule has 0 heterocycles. The number of carbonyl (C=O) groups excluding carboxylic acids is 1. The van der Waals surface area contributed by atoms with Crippen LogP contribution >= 0.6 is 11.8 Å². The third-order valence-electron chi connectivity index (χ3n) is 4.05. The van der Waals surface area contributed by atoms with Crippen molar-refractivity contribution in [2.45, 2.75) is 21.6 Å². The van der Waals surface area contributed by atoms with E-state index < -0.39 is 0 Å². The van der Waals surface area contributed by atoms with Gasteiger partial charge < -0.3 is 0 Å². The second kappa shape index (κ2) is 8.41. The molecule has 3 heteroatoms. The molecule has 1 unspecified atom stereocenters. The summed E-state index contributed by atoms with van der Waals surface area (Å²) in [6, 6.07) is 26.2. The smallest absolute Gasteiger partial charge is 0.193 e. The Hall–Kier alpha value is -1.97. The maximum atomic E-state index is 12.7. The van der Waals surface area contributed by atoms with Crippen LogP contribution in [0.2, 0.25) is 0 Å². The van der Waals surface area contributed by atoms with Crippen LogP contribution in [-0.2, 0) is 10.9 Å². The summed E-state index contributed by atoms with van der Waals surface area (Å²) in [5, 5.41) is 0. The van der Waals surface area contributed by atoms with Gasteiger partial charge in [0.05, 0.1) is 0 Å². The van der Waals surface area contributed by atoms with Crippen LogP contribution in [-0.4, -0.2) is 17.8 Å². The summed E-state index contributed by atoms with van der Waals surface area (Å²) in [6.07, 6.45) is 2.24. The molecule has 1 atom stereocenters. The van der Waals surface area contributed by atoms with Crippen molar-refractivity contribution in [1.82, 2.24) is 0 Å². The average Bonchev–Trinajstić information content (AvgIpc) is 2.68. The number of benzene rings is 3. The summed E-state index contributed by atoms with van der Waals surface area (Å²) in [6.45, 7) is 2.19. The molecular formula is C22H21OS2+. The molecule has 25 heavy (non-hydrogen) atoms. The molecule has 126 valence electrons. The first kappa shape index (κ1) is 17.8. The Labute approximate surface area is 156 Å². The van der Waals surface area contributed by atoms with E-state index in [2.05, 4.69) is 37.4 Å². The van der Waals surface area contributed by atoms with Gasteiger partial charge in [0.25, 0.3) is 0 Å². The molecule has 3 aromatic carbocycles. The Morgan fingerprint density at radius 2 is 1.32 bits per heavy atom. The lowest BCUT2D eigenvalue weighted by Gasteiger charge is -2.05. The van der Waals surface area contributed by atoms with E-state index in [-0.39, 0.29) is 16.7 Å². The van der Waals surface area contributed by atoms with E-state index in [4.69, 9.17) is 0 Å². The Kier molecular flexibility index (Phi) is 6.00. The summed E-state index contributed by atoms with van der Waals surface area (Å²) in [5.41, 5.74) is 1.48. The van der Waals surface area contributed by atoms with E-state index in [1.807, 2.05) is 54.6 Å². The van der Waals surface area contributed by atoms with Crippen molar-refractivity contribution in [1.29, 1.82) is 0 Å². The lowest BCUT2D eigenvalue weighted by Crippen LogP contribution is -2.04. The molecule has 0 saturated carbocycles. The highest BCUT2D eigenvalue weighted by molar-refractivity contribution is 7.99. The molecule has 1 nitrogen and oxygen atoms in total. The molecule has 0 fully saturated rings. The maximum absolute atomic E-state index is 12.7. The van der Waals surface area contributed by atoms with E-state index in [9.17, 15) is 4.79 Å². The molecule has 0 saturated heterocycles.